The number of ether oxygens (including phenoxy) is 1. The van der Waals surface area contributed by atoms with E-state index >= 15 is 0 Å². The lowest BCUT2D eigenvalue weighted by atomic mass is 10.1. The van der Waals surface area contributed by atoms with Gasteiger partial charge in [-0.2, -0.15) is 0 Å². The first-order valence-corrected chi connectivity index (χ1v) is 7.29. The molecule has 4 nitrogen and oxygen atoms in total. The third-order valence-electron chi connectivity index (χ3n) is 3.50. The van der Waals surface area contributed by atoms with Crippen molar-refractivity contribution in [3.8, 4) is 17.0 Å². The number of carboxylic acids is 1. The molecule has 1 heterocycles. The van der Waals surface area contributed by atoms with E-state index in [2.05, 4.69) is 4.98 Å². The maximum absolute atomic E-state index is 13.7. The van der Waals surface area contributed by atoms with Crippen molar-refractivity contribution in [3.63, 3.8) is 0 Å². The highest BCUT2D eigenvalue weighted by atomic mass is 19.1. The van der Waals surface area contributed by atoms with E-state index in [0.717, 1.165) is 5.56 Å². The second-order valence-electron chi connectivity index (χ2n) is 5.16. The molecule has 3 aromatic rings. The predicted octanol–water partition coefficient (Wildman–Crippen LogP) is 4.16. The summed E-state index contributed by atoms with van der Waals surface area (Å²) in [5.74, 6) is -1.60. The number of rotatable bonds is 5. The maximum atomic E-state index is 13.7. The zero-order valence-corrected chi connectivity index (χ0v) is 12.6. The molecule has 0 aliphatic carbocycles. The minimum Gasteiger partial charge on any atom is -0.478 e. The van der Waals surface area contributed by atoms with Crippen LogP contribution in [0.5, 0.6) is 5.88 Å². The molecule has 0 amide bonds. The lowest BCUT2D eigenvalue weighted by molar-refractivity contribution is 0.0692. The van der Waals surface area contributed by atoms with E-state index in [0.29, 0.717) is 23.6 Å². The molecule has 0 spiro atoms. The minimum absolute atomic E-state index is 0.352. The van der Waals surface area contributed by atoms with E-state index in [9.17, 15) is 9.18 Å². The molecule has 0 saturated heterocycles. The molecule has 0 saturated carbocycles. The third-order valence-corrected chi connectivity index (χ3v) is 3.50. The average molecular weight is 323 g/mol. The van der Waals surface area contributed by atoms with Gasteiger partial charge in [-0.3, -0.25) is 0 Å². The van der Waals surface area contributed by atoms with E-state index in [1.165, 1.54) is 12.1 Å². The van der Waals surface area contributed by atoms with E-state index in [1.54, 1.807) is 24.4 Å². The molecule has 0 radical (unpaired) electrons. The zero-order valence-electron chi connectivity index (χ0n) is 12.6. The number of carboxylic acid groups (broad SMARTS) is 1. The van der Waals surface area contributed by atoms with Gasteiger partial charge in [0.2, 0.25) is 5.88 Å². The topological polar surface area (TPSA) is 59.4 Å². The zero-order chi connectivity index (χ0) is 16.9. The molecular formula is C19H14FNO3. The second kappa shape index (κ2) is 6.91. The summed E-state index contributed by atoms with van der Waals surface area (Å²) in [5.41, 5.74) is 1.92. The summed E-state index contributed by atoms with van der Waals surface area (Å²) in [6.45, 7) is 0.412. The van der Waals surface area contributed by atoms with Crippen molar-refractivity contribution in [3.05, 3.63) is 83.8 Å². The number of hydrogen-bond donors (Lipinski definition) is 1. The summed E-state index contributed by atoms with van der Waals surface area (Å²) in [7, 11) is 0. The standard InChI is InChI=1S/C19H14FNO3/c20-17-10-14(6-8-16(17)19(22)23)15-7-9-18(21-11-15)24-12-13-4-2-1-3-5-13/h1-11H,12H2,(H,22,23). The van der Waals surface area contributed by atoms with Gasteiger partial charge in [-0.05, 0) is 29.3 Å². The van der Waals surface area contributed by atoms with Crippen LogP contribution in [0.25, 0.3) is 11.1 Å². The maximum Gasteiger partial charge on any atom is 0.338 e. The van der Waals surface area contributed by atoms with Crippen LogP contribution in [0, 0.1) is 5.82 Å². The van der Waals surface area contributed by atoms with Crippen LogP contribution < -0.4 is 4.74 Å². The smallest absolute Gasteiger partial charge is 0.338 e. The van der Waals surface area contributed by atoms with Gasteiger partial charge in [-0.25, -0.2) is 14.2 Å². The number of halogens is 1. The van der Waals surface area contributed by atoms with Crippen LogP contribution in [0.15, 0.2) is 66.9 Å². The van der Waals surface area contributed by atoms with Gasteiger partial charge < -0.3 is 9.84 Å². The van der Waals surface area contributed by atoms with Gasteiger partial charge in [-0.1, -0.05) is 36.4 Å². The summed E-state index contributed by atoms with van der Waals surface area (Å²) in [4.78, 5) is 15.0. The van der Waals surface area contributed by atoms with Gasteiger partial charge in [0.15, 0.2) is 0 Å². The Morgan fingerprint density at radius 1 is 1.04 bits per heavy atom. The molecule has 2 aromatic carbocycles. The van der Waals surface area contributed by atoms with Gasteiger partial charge in [0.1, 0.15) is 12.4 Å². The molecule has 0 atom stereocenters. The fraction of sp³-hybridized carbons (Fsp3) is 0.0526. The van der Waals surface area contributed by atoms with Gasteiger partial charge in [0.05, 0.1) is 5.56 Å². The summed E-state index contributed by atoms with van der Waals surface area (Å²) < 4.78 is 19.3. The average Bonchev–Trinajstić information content (AvgIpc) is 2.61. The van der Waals surface area contributed by atoms with Crippen LogP contribution in [-0.2, 0) is 6.61 Å². The fourth-order valence-electron chi connectivity index (χ4n) is 2.24. The summed E-state index contributed by atoms with van der Waals surface area (Å²) in [6, 6.07) is 17.2. The monoisotopic (exact) mass is 323 g/mol. The largest absolute Gasteiger partial charge is 0.478 e. The molecular weight excluding hydrogens is 309 g/mol. The van der Waals surface area contributed by atoms with Gasteiger partial charge in [0.25, 0.3) is 0 Å². The number of pyridine rings is 1. The first kappa shape index (κ1) is 15.7. The molecule has 24 heavy (non-hydrogen) atoms. The lowest BCUT2D eigenvalue weighted by Crippen LogP contribution is -2.00. The van der Waals surface area contributed by atoms with Crippen LogP contribution >= 0.6 is 0 Å². The highest BCUT2D eigenvalue weighted by Crippen LogP contribution is 2.23. The number of hydrogen-bond acceptors (Lipinski definition) is 3. The first-order valence-electron chi connectivity index (χ1n) is 7.29. The van der Waals surface area contributed by atoms with Crippen molar-refractivity contribution >= 4 is 5.97 Å². The van der Waals surface area contributed by atoms with Gasteiger partial charge >= 0.3 is 5.97 Å². The molecule has 0 aliphatic heterocycles. The molecule has 0 fully saturated rings. The Bertz CT molecular complexity index is 848. The number of nitrogens with zero attached hydrogens (tertiary/aromatic N) is 1. The van der Waals surface area contributed by atoms with Crippen molar-refractivity contribution in [1.29, 1.82) is 0 Å². The Balaban J connectivity index is 1.72. The van der Waals surface area contributed by atoms with E-state index < -0.39 is 11.8 Å². The van der Waals surface area contributed by atoms with Crippen molar-refractivity contribution in [2.75, 3.05) is 0 Å². The second-order valence-corrected chi connectivity index (χ2v) is 5.16. The summed E-state index contributed by atoms with van der Waals surface area (Å²) in [6.07, 6.45) is 1.57. The Hall–Kier alpha value is -3.21. The molecule has 1 aromatic heterocycles. The third kappa shape index (κ3) is 3.57. The Labute approximate surface area is 138 Å². The number of benzene rings is 2. The van der Waals surface area contributed by atoms with Crippen molar-refractivity contribution < 1.29 is 19.0 Å². The molecule has 0 unspecified atom stereocenters. The van der Waals surface area contributed by atoms with E-state index in [1.807, 2.05) is 30.3 Å². The molecule has 0 bridgehead atoms. The van der Waals surface area contributed by atoms with E-state index in [4.69, 9.17) is 9.84 Å². The van der Waals surface area contributed by atoms with Crippen LogP contribution in [0.4, 0.5) is 4.39 Å². The van der Waals surface area contributed by atoms with Crippen molar-refractivity contribution in [2.24, 2.45) is 0 Å². The van der Waals surface area contributed by atoms with Gasteiger partial charge in [-0.15, -0.1) is 0 Å². The van der Waals surface area contributed by atoms with Gasteiger partial charge in [0, 0.05) is 17.8 Å². The number of carbonyl (C=O) groups is 1. The first-order chi connectivity index (χ1) is 11.6. The molecule has 0 aliphatic rings. The minimum atomic E-state index is -1.29. The van der Waals surface area contributed by atoms with Crippen LogP contribution in [0.2, 0.25) is 0 Å². The Kier molecular flexibility index (Phi) is 4.52. The van der Waals surface area contributed by atoms with Crippen LogP contribution in [-0.4, -0.2) is 16.1 Å². The highest BCUT2D eigenvalue weighted by Gasteiger charge is 2.11. The van der Waals surface area contributed by atoms with E-state index in [-0.39, 0.29) is 5.56 Å². The highest BCUT2D eigenvalue weighted by molar-refractivity contribution is 5.88. The summed E-state index contributed by atoms with van der Waals surface area (Å²) >= 11 is 0. The molecule has 3 rings (SSSR count). The number of aromatic carboxylic acids is 1. The normalized spacial score (nSPS) is 10.4. The van der Waals surface area contributed by atoms with Crippen LogP contribution in [0.3, 0.4) is 0 Å². The number of aromatic nitrogens is 1. The predicted molar refractivity (Wildman–Crippen MR) is 87.4 cm³/mol. The molecule has 120 valence electrons. The lowest BCUT2D eigenvalue weighted by Gasteiger charge is -2.07. The summed E-state index contributed by atoms with van der Waals surface area (Å²) in [5, 5.41) is 8.85. The Morgan fingerprint density at radius 2 is 1.79 bits per heavy atom. The Morgan fingerprint density at radius 3 is 2.42 bits per heavy atom. The van der Waals surface area contributed by atoms with Crippen molar-refractivity contribution in [2.45, 2.75) is 6.61 Å². The quantitative estimate of drug-likeness (QED) is 0.766. The molecule has 1 N–H and O–H groups in total. The fourth-order valence-corrected chi connectivity index (χ4v) is 2.24. The molecule has 5 heteroatoms. The van der Waals surface area contributed by atoms with Crippen molar-refractivity contribution in [1.82, 2.24) is 4.98 Å². The SMILES string of the molecule is O=C(O)c1ccc(-c2ccc(OCc3ccccc3)nc2)cc1F. The van der Waals surface area contributed by atoms with Crippen LogP contribution in [0.1, 0.15) is 15.9 Å².